The second-order valence-electron chi connectivity index (χ2n) is 4.75. The zero-order valence-corrected chi connectivity index (χ0v) is 14.0. The molecule has 2 rings (SSSR count). The molecule has 2 aromatic carbocycles. The zero-order valence-electron chi connectivity index (χ0n) is 11.7. The number of nitrogens with two attached hydrogens (primary N) is 1. The Kier molecular flexibility index (Phi) is 4.75. The van der Waals surface area contributed by atoms with Crippen molar-refractivity contribution >= 4 is 50.5 Å². The number of amides is 1. The van der Waals surface area contributed by atoms with Gasteiger partial charge in [-0.05, 0) is 36.4 Å². The van der Waals surface area contributed by atoms with Gasteiger partial charge in [-0.1, -0.05) is 27.5 Å². The number of halogens is 2. The van der Waals surface area contributed by atoms with Crippen LogP contribution in [0.4, 0.5) is 17.1 Å². The van der Waals surface area contributed by atoms with Gasteiger partial charge in [-0.15, -0.1) is 0 Å². The zero-order chi connectivity index (χ0) is 15.6. The van der Waals surface area contributed by atoms with Gasteiger partial charge in [0.15, 0.2) is 0 Å². The van der Waals surface area contributed by atoms with Gasteiger partial charge in [-0.2, -0.15) is 0 Å². The van der Waals surface area contributed by atoms with Crippen LogP contribution in [0.25, 0.3) is 0 Å². The molecule has 21 heavy (non-hydrogen) atoms. The number of nitrogens with one attached hydrogen (secondary N) is 1. The number of nitrogens with zero attached hydrogens (tertiary/aromatic N) is 1. The third kappa shape index (κ3) is 3.68. The lowest BCUT2D eigenvalue weighted by molar-refractivity contribution is 0.0827. The Morgan fingerprint density at radius 1 is 1.19 bits per heavy atom. The first-order valence-corrected chi connectivity index (χ1v) is 7.39. The van der Waals surface area contributed by atoms with Crippen molar-refractivity contribution in [1.29, 1.82) is 0 Å². The number of hydrogen-bond acceptors (Lipinski definition) is 3. The monoisotopic (exact) mass is 367 g/mol. The summed E-state index contributed by atoms with van der Waals surface area (Å²) in [4.78, 5) is 13.4. The molecule has 1 amide bonds. The Labute approximate surface area is 137 Å². The molecule has 0 aliphatic rings. The molecule has 0 unspecified atom stereocenters. The second kappa shape index (κ2) is 6.37. The molecule has 0 radical (unpaired) electrons. The Balaban J connectivity index is 2.27. The van der Waals surface area contributed by atoms with E-state index in [9.17, 15) is 4.79 Å². The first kappa shape index (κ1) is 15.7. The average Bonchev–Trinajstić information content (AvgIpc) is 2.42. The minimum Gasteiger partial charge on any atom is -0.397 e. The molecule has 0 bridgehead atoms. The molecule has 0 aliphatic heterocycles. The van der Waals surface area contributed by atoms with Crippen LogP contribution in [-0.2, 0) is 0 Å². The van der Waals surface area contributed by atoms with Gasteiger partial charge >= 0.3 is 0 Å². The number of carbonyl (C=O) groups is 1. The maximum absolute atomic E-state index is 11.9. The molecule has 0 spiro atoms. The van der Waals surface area contributed by atoms with E-state index in [1.54, 1.807) is 38.4 Å². The van der Waals surface area contributed by atoms with Gasteiger partial charge in [-0.25, -0.2) is 0 Å². The summed E-state index contributed by atoms with van der Waals surface area (Å²) in [5.74, 6) is -0.0880. The van der Waals surface area contributed by atoms with Crippen LogP contribution in [0, 0.1) is 0 Å². The van der Waals surface area contributed by atoms with Crippen LogP contribution in [0.5, 0.6) is 0 Å². The number of rotatable bonds is 3. The van der Waals surface area contributed by atoms with Crippen molar-refractivity contribution < 1.29 is 4.79 Å². The molecule has 0 saturated carbocycles. The van der Waals surface area contributed by atoms with E-state index in [0.717, 1.165) is 10.2 Å². The lowest BCUT2D eigenvalue weighted by Gasteiger charge is -2.14. The summed E-state index contributed by atoms with van der Waals surface area (Å²) in [7, 11) is 3.40. The van der Waals surface area contributed by atoms with Crippen molar-refractivity contribution in [2.75, 3.05) is 25.1 Å². The van der Waals surface area contributed by atoms with Crippen molar-refractivity contribution in [2.45, 2.75) is 0 Å². The van der Waals surface area contributed by atoms with Gasteiger partial charge in [0.25, 0.3) is 5.91 Å². The van der Waals surface area contributed by atoms with Crippen LogP contribution in [0.15, 0.2) is 40.9 Å². The molecular weight excluding hydrogens is 354 g/mol. The predicted molar refractivity (Wildman–Crippen MR) is 91.3 cm³/mol. The summed E-state index contributed by atoms with van der Waals surface area (Å²) in [5, 5.41) is 3.74. The van der Waals surface area contributed by atoms with E-state index in [1.807, 2.05) is 12.1 Å². The van der Waals surface area contributed by atoms with Crippen LogP contribution >= 0.6 is 27.5 Å². The topological polar surface area (TPSA) is 58.4 Å². The SMILES string of the molecule is CN(C)C(=O)c1ccc(Nc2ccc(Br)cc2Cl)c(N)c1. The highest BCUT2D eigenvalue weighted by molar-refractivity contribution is 9.10. The van der Waals surface area contributed by atoms with Gasteiger partial charge in [0.1, 0.15) is 0 Å². The maximum Gasteiger partial charge on any atom is 0.253 e. The standard InChI is InChI=1S/C15H15BrClN3O/c1-20(2)15(21)9-3-5-14(12(18)7-9)19-13-6-4-10(16)8-11(13)17/h3-8,19H,18H2,1-2H3. The van der Waals surface area contributed by atoms with E-state index in [-0.39, 0.29) is 5.91 Å². The quantitative estimate of drug-likeness (QED) is 0.801. The summed E-state index contributed by atoms with van der Waals surface area (Å²) < 4.78 is 0.901. The van der Waals surface area contributed by atoms with E-state index < -0.39 is 0 Å². The molecule has 0 saturated heterocycles. The molecule has 0 heterocycles. The van der Waals surface area contributed by atoms with E-state index >= 15 is 0 Å². The largest absolute Gasteiger partial charge is 0.397 e. The lowest BCUT2D eigenvalue weighted by Crippen LogP contribution is -2.21. The Hall–Kier alpha value is -1.72. The summed E-state index contributed by atoms with van der Waals surface area (Å²) in [6.45, 7) is 0. The van der Waals surface area contributed by atoms with Gasteiger partial charge in [0.2, 0.25) is 0 Å². The first-order valence-electron chi connectivity index (χ1n) is 6.21. The Bertz CT molecular complexity index is 689. The minimum absolute atomic E-state index is 0.0880. The number of anilines is 3. The van der Waals surface area contributed by atoms with Gasteiger partial charge < -0.3 is 16.0 Å². The molecule has 2 aromatic rings. The van der Waals surface area contributed by atoms with Crippen LogP contribution in [-0.4, -0.2) is 24.9 Å². The molecule has 0 fully saturated rings. The predicted octanol–water partition coefficient (Wildman–Crippen LogP) is 4.13. The Morgan fingerprint density at radius 2 is 1.86 bits per heavy atom. The fraction of sp³-hybridized carbons (Fsp3) is 0.133. The van der Waals surface area contributed by atoms with E-state index in [1.165, 1.54) is 4.90 Å². The summed E-state index contributed by atoms with van der Waals surface area (Å²) in [5.41, 5.74) is 8.49. The average molecular weight is 369 g/mol. The molecule has 6 heteroatoms. The molecular formula is C15H15BrClN3O. The molecule has 0 atom stereocenters. The van der Waals surface area contributed by atoms with Crippen LogP contribution in [0.1, 0.15) is 10.4 Å². The highest BCUT2D eigenvalue weighted by atomic mass is 79.9. The number of nitrogen functional groups attached to an aromatic ring is 1. The molecule has 4 nitrogen and oxygen atoms in total. The van der Waals surface area contributed by atoms with Crippen molar-refractivity contribution in [1.82, 2.24) is 4.90 Å². The molecule has 3 N–H and O–H groups in total. The Morgan fingerprint density at radius 3 is 2.43 bits per heavy atom. The third-order valence-electron chi connectivity index (χ3n) is 2.91. The first-order chi connectivity index (χ1) is 9.88. The molecule has 0 aromatic heterocycles. The summed E-state index contributed by atoms with van der Waals surface area (Å²) in [6, 6.07) is 10.7. The highest BCUT2D eigenvalue weighted by Gasteiger charge is 2.10. The van der Waals surface area contributed by atoms with Gasteiger partial charge in [-0.3, -0.25) is 4.79 Å². The van der Waals surface area contributed by atoms with Gasteiger partial charge in [0, 0.05) is 24.1 Å². The highest BCUT2D eigenvalue weighted by Crippen LogP contribution is 2.31. The normalized spacial score (nSPS) is 10.3. The van der Waals surface area contributed by atoms with E-state index in [4.69, 9.17) is 17.3 Å². The fourth-order valence-electron chi connectivity index (χ4n) is 1.80. The van der Waals surface area contributed by atoms with E-state index in [0.29, 0.717) is 22.0 Å². The van der Waals surface area contributed by atoms with Crippen LogP contribution in [0.2, 0.25) is 5.02 Å². The molecule has 110 valence electrons. The van der Waals surface area contributed by atoms with Crippen molar-refractivity contribution in [3.05, 3.63) is 51.5 Å². The van der Waals surface area contributed by atoms with Crippen LogP contribution in [0.3, 0.4) is 0 Å². The van der Waals surface area contributed by atoms with Crippen molar-refractivity contribution in [3.63, 3.8) is 0 Å². The summed E-state index contributed by atoms with van der Waals surface area (Å²) in [6.07, 6.45) is 0. The minimum atomic E-state index is -0.0880. The van der Waals surface area contributed by atoms with Gasteiger partial charge in [0.05, 0.1) is 22.1 Å². The molecule has 0 aliphatic carbocycles. The smallest absolute Gasteiger partial charge is 0.253 e. The number of benzene rings is 2. The van der Waals surface area contributed by atoms with Crippen molar-refractivity contribution in [2.24, 2.45) is 0 Å². The van der Waals surface area contributed by atoms with E-state index in [2.05, 4.69) is 21.2 Å². The number of carbonyl (C=O) groups excluding carboxylic acids is 1. The second-order valence-corrected chi connectivity index (χ2v) is 6.07. The third-order valence-corrected chi connectivity index (χ3v) is 3.71. The van der Waals surface area contributed by atoms with Crippen molar-refractivity contribution in [3.8, 4) is 0 Å². The fourth-order valence-corrected chi connectivity index (χ4v) is 2.52. The maximum atomic E-state index is 11.9. The number of hydrogen-bond donors (Lipinski definition) is 2. The summed E-state index contributed by atoms with van der Waals surface area (Å²) >= 11 is 9.52. The van der Waals surface area contributed by atoms with Crippen LogP contribution < -0.4 is 11.1 Å². The lowest BCUT2D eigenvalue weighted by atomic mass is 10.1.